The van der Waals surface area contributed by atoms with Gasteiger partial charge in [0.05, 0.1) is 16.4 Å². The van der Waals surface area contributed by atoms with Crippen LogP contribution in [0.1, 0.15) is 16.8 Å². The second-order valence-corrected chi connectivity index (χ2v) is 5.33. The zero-order chi connectivity index (χ0) is 14.9. The van der Waals surface area contributed by atoms with E-state index < -0.39 is 10.8 Å². The Morgan fingerprint density at radius 2 is 2.15 bits per heavy atom. The average Bonchev–Trinajstić information content (AvgIpc) is 2.87. The van der Waals surface area contributed by atoms with Crippen LogP contribution in [0.15, 0.2) is 22.7 Å². The van der Waals surface area contributed by atoms with Crippen molar-refractivity contribution in [1.29, 1.82) is 0 Å². The first-order valence-electron chi connectivity index (χ1n) is 5.93. The minimum Gasteiger partial charge on any atom is -0.369 e. The van der Waals surface area contributed by atoms with E-state index in [0.29, 0.717) is 13.0 Å². The van der Waals surface area contributed by atoms with Crippen LogP contribution in [0.4, 0.5) is 5.69 Å². The number of amides is 2. The first kappa shape index (κ1) is 14.4. The lowest BCUT2D eigenvalue weighted by Gasteiger charge is -2.16. The number of nitro groups is 1. The summed E-state index contributed by atoms with van der Waals surface area (Å²) in [6, 6.07) is 4.28. The first-order chi connectivity index (χ1) is 9.41. The van der Waals surface area contributed by atoms with E-state index in [1.807, 2.05) is 0 Å². The molecule has 1 atom stereocenters. The maximum Gasteiger partial charge on any atom is 0.284 e. The molecule has 0 spiro atoms. The second kappa shape index (κ2) is 5.58. The third kappa shape index (κ3) is 2.64. The van der Waals surface area contributed by atoms with Crippen molar-refractivity contribution in [3.8, 4) is 0 Å². The summed E-state index contributed by atoms with van der Waals surface area (Å²) in [5.41, 5.74) is 5.26. The number of nitro benzene ring substituents is 1. The lowest BCUT2D eigenvalue weighted by Crippen LogP contribution is -2.32. The van der Waals surface area contributed by atoms with Crippen molar-refractivity contribution < 1.29 is 14.5 Å². The van der Waals surface area contributed by atoms with Gasteiger partial charge in [-0.1, -0.05) is 6.07 Å². The van der Waals surface area contributed by atoms with Crippen molar-refractivity contribution in [2.45, 2.75) is 6.42 Å². The summed E-state index contributed by atoms with van der Waals surface area (Å²) in [4.78, 5) is 35.2. The third-order valence-electron chi connectivity index (χ3n) is 3.28. The van der Waals surface area contributed by atoms with Crippen molar-refractivity contribution in [2.75, 3.05) is 13.1 Å². The van der Waals surface area contributed by atoms with Crippen molar-refractivity contribution >= 4 is 33.4 Å². The Morgan fingerprint density at radius 3 is 2.70 bits per heavy atom. The SMILES string of the molecule is NC(=O)C1CCN(C(=O)c2cccc([N+](=O)[O-])c2Br)C1. The molecule has 1 unspecified atom stereocenters. The molecule has 2 N–H and O–H groups in total. The van der Waals surface area contributed by atoms with Gasteiger partial charge in [0.1, 0.15) is 4.47 Å². The Balaban J connectivity index is 2.25. The second-order valence-electron chi connectivity index (χ2n) is 4.53. The molecule has 20 heavy (non-hydrogen) atoms. The lowest BCUT2D eigenvalue weighted by atomic mass is 10.1. The molecule has 0 aromatic heterocycles. The molecule has 106 valence electrons. The van der Waals surface area contributed by atoms with E-state index in [9.17, 15) is 19.7 Å². The smallest absolute Gasteiger partial charge is 0.284 e. The van der Waals surface area contributed by atoms with Gasteiger partial charge in [0, 0.05) is 19.2 Å². The zero-order valence-corrected chi connectivity index (χ0v) is 12.0. The summed E-state index contributed by atoms with van der Waals surface area (Å²) in [5, 5.41) is 10.8. The third-order valence-corrected chi connectivity index (χ3v) is 4.12. The van der Waals surface area contributed by atoms with Crippen LogP contribution < -0.4 is 5.73 Å². The van der Waals surface area contributed by atoms with E-state index in [0.717, 1.165) is 0 Å². The Bertz CT molecular complexity index is 590. The minimum absolute atomic E-state index is 0.150. The number of rotatable bonds is 3. The molecule has 1 saturated heterocycles. The summed E-state index contributed by atoms with van der Waals surface area (Å²) >= 11 is 3.09. The van der Waals surface area contributed by atoms with Gasteiger partial charge in [-0.2, -0.15) is 0 Å². The molecule has 1 aromatic carbocycles. The van der Waals surface area contributed by atoms with Gasteiger partial charge in [-0.05, 0) is 28.4 Å². The fourth-order valence-corrected chi connectivity index (χ4v) is 2.75. The molecular weight excluding hydrogens is 330 g/mol. The molecular formula is C12H12BrN3O4. The number of hydrogen-bond donors (Lipinski definition) is 1. The summed E-state index contributed by atoms with van der Waals surface area (Å²) in [7, 11) is 0. The number of nitrogens with two attached hydrogens (primary N) is 1. The lowest BCUT2D eigenvalue weighted by molar-refractivity contribution is -0.385. The Morgan fingerprint density at radius 1 is 1.45 bits per heavy atom. The number of likely N-dealkylation sites (tertiary alicyclic amines) is 1. The maximum absolute atomic E-state index is 12.3. The fourth-order valence-electron chi connectivity index (χ4n) is 2.17. The predicted molar refractivity (Wildman–Crippen MR) is 74.0 cm³/mol. The highest BCUT2D eigenvalue weighted by molar-refractivity contribution is 9.10. The molecule has 0 radical (unpaired) electrons. The Labute approximate surface area is 123 Å². The van der Waals surface area contributed by atoms with Crippen molar-refractivity contribution in [3.63, 3.8) is 0 Å². The topological polar surface area (TPSA) is 107 Å². The quantitative estimate of drug-likeness (QED) is 0.660. The highest BCUT2D eigenvalue weighted by Crippen LogP contribution is 2.30. The largest absolute Gasteiger partial charge is 0.369 e. The van der Waals surface area contributed by atoms with Crippen molar-refractivity contribution in [2.24, 2.45) is 11.7 Å². The van der Waals surface area contributed by atoms with E-state index in [4.69, 9.17) is 5.73 Å². The van der Waals surface area contributed by atoms with Crippen molar-refractivity contribution in [3.05, 3.63) is 38.3 Å². The van der Waals surface area contributed by atoms with Crippen molar-refractivity contribution in [1.82, 2.24) is 4.90 Å². The number of carbonyl (C=O) groups is 2. The van der Waals surface area contributed by atoms with E-state index in [-0.39, 0.29) is 34.1 Å². The number of primary amides is 1. The molecule has 0 aliphatic carbocycles. The number of hydrogen-bond acceptors (Lipinski definition) is 4. The molecule has 1 fully saturated rings. The molecule has 1 aliphatic rings. The first-order valence-corrected chi connectivity index (χ1v) is 6.72. The molecule has 1 heterocycles. The number of benzene rings is 1. The number of halogens is 1. The molecule has 8 heteroatoms. The summed E-state index contributed by atoms with van der Waals surface area (Å²) in [6.07, 6.45) is 0.521. The highest BCUT2D eigenvalue weighted by atomic mass is 79.9. The van der Waals surface area contributed by atoms with E-state index in [1.165, 1.54) is 23.1 Å². The van der Waals surface area contributed by atoms with Gasteiger partial charge in [-0.15, -0.1) is 0 Å². The van der Waals surface area contributed by atoms with Crippen LogP contribution in [0.5, 0.6) is 0 Å². The highest BCUT2D eigenvalue weighted by Gasteiger charge is 2.32. The van der Waals surface area contributed by atoms with Gasteiger partial charge in [0.2, 0.25) is 5.91 Å². The molecule has 0 bridgehead atoms. The molecule has 1 aliphatic heterocycles. The van der Waals surface area contributed by atoms with Gasteiger partial charge in [-0.3, -0.25) is 19.7 Å². The van der Waals surface area contributed by atoms with Gasteiger partial charge in [0.25, 0.3) is 11.6 Å². The Hall–Kier alpha value is -1.96. The maximum atomic E-state index is 12.3. The van der Waals surface area contributed by atoms with Crippen LogP contribution in [0.25, 0.3) is 0 Å². The van der Waals surface area contributed by atoms with Crippen LogP contribution in [-0.4, -0.2) is 34.7 Å². The van der Waals surface area contributed by atoms with Crippen LogP contribution in [0.2, 0.25) is 0 Å². The summed E-state index contributed by atoms with van der Waals surface area (Å²) in [6.45, 7) is 0.671. The molecule has 2 amide bonds. The zero-order valence-electron chi connectivity index (χ0n) is 10.4. The average molecular weight is 342 g/mol. The van der Waals surface area contributed by atoms with E-state index in [2.05, 4.69) is 15.9 Å². The Kier molecular flexibility index (Phi) is 4.03. The predicted octanol–water partition coefficient (Wildman–Crippen LogP) is 1.30. The van der Waals surface area contributed by atoms with Crippen LogP contribution in [0, 0.1) is 16.0 Å². The molecule has 1 aromatic rings. The van der Waals surface area contributed by atoms with E-state index >= 15 is 0 Å². The monoisotopic (exact) mass is 341 g/mol. The van der Waals surface area contributed by atoms with Crippen LogP contribution >= 0.6 is 15.9 Å². The normalized spacial score (nSPS) is 18.1. The molecule has 2 rings (SSSR count). The van der Waals surface area contributed by atoms with Gasteiger partial charge in [0.15, 0.2) is 0 Å². The van der Waals surface area contributed by atoms with Gasteiger partial charge < -0.3 is 10.6 Å². The van der Waals surface area contributed by atoms with Crippen LogP contribution in [0.3, 0.4) is 0 Å². The van der Waals surface area contributed by atoms with Gasteiger partial charge in [-0.25, -0.2) is 0 Å². The summed E-state index contributed by atoms with van der Waals surface area (Å²) in [5.74, 6) is -1.13. The number of carbonyl (C=O) groups excluding carboxylic acids is 2. The van der Waals surface area contributed by atoms with Gasteiger partial charge >= 0.3 is 0 Å². The molecule has 7 nitrogen and oxygen atoms in total. The standard InChI is InChI=1S/C12H12BrN3O4/c13-10-8(2-1-3-9(10)16(19)20)12(18)15-5-4-7(6-15)11(14)17/h1-3,7H,4-6H2,(H2,14,17). The van der Waals surface area contributed by atoms with Crippen LogP contribution in [-0.2, 0) is 4.79 Å². The molecule has 0 saturated carbocycles. The summed E-state index contributed by atoms with van der Waals surface area (Å²) < 4.78 is 0.150. The van der Waals surface area contributed by atoms with E-state index in [1.54, 1.807) is 0 Å². The number of nitrogens with zero attached hydrogens (tertiary/aromatic N) is 2. The fraction of sp³-hybridized carbons (Fsp3) is 0.333. The minimum atomic E-state index is -0.558.